The number of hydrogen-bond acceptors (Lipinski definition) is 3. The summed E-state index contributed by atoms with van der Waals surface area (Å²) in [6, 6.07) is 7.88. The van der Waals surface area contributed by atoms with Crippen LogP contribution in [0.15, 0.2) is 36.7 Å². The summed E-state index contributed by atoms with van der Waals surface area (Å²) in [6.07, 6.45) is 8.76. The molecule has 2 aromatic heterocycles. The van der Waals surface area contributed by atoms with Gasteiger partial charge >= 0.3 is 0 Å². The number of carbonyl (C=O) groups is 1. The normalized spacial score (nSPS) is 13.5. The van der Waals surface area contributed by atoms with Crippen molar-refractivity contribution in [3.63, 3.8) is 0 Å². The molecular formula is C18H21N3O. The maximum absolute atomic E-state index is 12.5. The van der Waals surface area contributed by atoms with Gasteiger partial charge in [-0.2, -0.15) is 0 Å². The zero-order valence-electron chi connectivity index (χ0n) is 13.0. The maximum Gasteiger partial charge on any atom is 0.255 e. The van der Waals surface area contributed by atoms with E-state index in [4.69, 9.17) is 0 Å². The van der Waals surface area contributed by atoms with Crippen molar-refractivity contribution < 1.29 is 4.79 Å². The van der Waals surface area contributed by atoms with E-state index in [1.54, 1.807) is 17.3 Å². The first-order valence-corrected chi connectivity index (χ1v) is 7.87. The molecule has 114 valence electrons. The number of pyridine rings is 2. The SMILES string of the molecule is CN(CCc1ccccn1)C(=O)c1cnc2c(c1)CCCC2. The molecule has 0 radical (unpaired) electrons. The van der Waals surface area contributed by atoms with Crippen molar-refractivity contribution in [2.45, 2.75) is 32.1 Å². The second kappa shape index (κ2) is 6.69. The van der Waals surface area contributed by atoms with Gasteiger partial charge in [-0.15, -0.1) is 0 Å². The highest BCUT2D eigenvalue weighted by molar-refractivity contribution is 5.94. The predicted octanol–water partition coefficient (Wildman–Crippen LogP) is 2.67. The lowest BCUT2D eigenvalue weighted by Gasteiger charge is -2.19. The first-order chi connectivity index (χ1) is 10.7. The number of aromatic nitrogens is 2. The van der Waals surface area contributed by atoms with Crippen molar-refractivity contribution >= 4 is 5.91 Å². The topological polar surface area (TPSA) is 46.1 Å². The molecule has 22 heavy (non-hydrogen) atoms. The van der Waals surface area contributed by atoms with Crippen molar-refractivity contribution in [2.75, 3.05) is 13.6 Å². The molecule has 0 fully saturated rings. The molecule has 0 aliphatic heterocycles. The van der Waals surface area contributed by atoms with Gasteiger partial charge in [0.25, 0.3) is 5.91 Å². The van der Waals surface area contributed by atoms with E-state index in [-0.39, 0.29) is 5.91 Å². The molecule has 0 spiro atoms. The molecule has 0 atom stereocenters. The van der Waals surface area contributed by atoms with Gasteiger partial charge in [-0.05, 0) is 49.4 Å². The number of likely N-dealkylation sites (N-methyl/N-ethyl adjacent to an activating group) is 1. The second-order valence-corrected chi connectivity index (χ2v) is 5.83. The standard InChI is InChI=1S/C18H21N3O/c1-21(11-9-16-7-4-5-10-19-16)18(22)15-12-14-6-2-3-8-17(14)20-13-15/h4-5,7,10,12-13H,2-3,6,8-9,11H2,1H3. The minimum atomic E-state index is 0.0387. The van der Waals surface area contributed by atoms with Crippen LogP contribution in [0.25, 0.3) is 0 Å². The number of carbonyl (C=O) groups excluding carboxylic acids is 1. The molecule has 0 saturated carbocycles. The molecule has 3 rings (SSSR count). The average Bonchev–Trinajstić information content (AvgIpc) is 2.59. The Morgan fingerprint density at radius 2 is 2.09 bits per heavy atom. The monoisotopic (exact) mass is 295 g/mol. The third-order valence-corrected chi connectivity index (χ3v) is 4.19. The third-order valence-electron chi connectivity index (χ3n) is 4.19. The van der Waals surface area contributed by atoms with Crippen LogP contribution in [0.5, 0.6) is 0 Å². The van der Waals surface area contributed by atoms with E-state index in [0.717, 1.165) is 25.0 Å². The average molecular weight is 295 g/mol. The number of rotatable bonds is 4. The molecule has 0 unspecified atom stereocenters. The summed E-state index contributed by atoms with van der Waals surface area (Å²) < 4.78 is 0. The van der Waals surface area contributed by atoms with Crippen LogP contribution >= 0.6 is 0 Å². The van der Waals surface area contributed by atoms with Gasteiger partial charge in [0.15, 0.2) is 0 Å². The number of fused-ring (bicyclic) bond motifs is 1. The Bertz CT molecular complexity index is 655. The quantitative estimate of drug-likeness (QED) is 0.871. The maximum atomic E-state index is 12.5. The zero-order valence-corrected chi connectivity index (χ0v) is 13.0. The molecule has 4 nitrogen and oxygen atoms in total. The van der Waals surface area contributed by atoms with Gasteiger partial charge in [-0.3, -0.25) is 14.8 Å². The number of nitrogens with zero attached hydrogens (tertiary/aromatic N) is 3. The van der Waals surface area contributed by atoms with E-state index in [1.807, 2.05) is 31.3 Å². The predicted molar refractivity (Wildman–Crippen MR) is 85.8 cm³/mol. The van der Waals surface area contributed by atoms with Gasteiger partial charge in [-0.25, -0.2) is 0 Å². The lowest BCUT2D eigenvalue weighted by atomic mass is 9.95. The Balaban J connectivity index is 1.65. The fourth-order valence-corrected chi connectivity index (χ4v) is 2.86. The zero-order chi connectivity index (χ0) is 15.4. The molecule has 0 aromatic carbocycles. The summed E-state index contributed by atoms with van der Waals surface area (Å²) in [4.78, 5) is 23.0. The second-order valence-electron chi connectivity index (χ2n) is 5.83. The highest BCUT2D eigenvalue weighted by Gasteiger charge is 2.16. The Kier molecular flexibility index (Phi) is 4.47. The van der Waals surface area contributed by atoms with Gasteiger partial charge in [0.1, 0.15) is 0 Å². The Labute approximate surface area is 131 Å². The Morgan fingerprint density at radius 3 is 2.91 bits per heavy atom. The highest BCUT2D eigenvalue weighted by Crippen LogP contribution is 2.20. The summed E-state index contributed by atoms with van der Waals surface area (Å²) in [5.41, 5.74) is 4.11. The largest absolute Gasteiger partial charge is 0.341 e. The van der Waals surface area contributed by atoms with Crippen LogP contribution in [0.1, 0.15) is 40.2 Å². The molecule has 2 heterocycles. The van der Waals surface area contributed by atoms with E-state index in [2.05, 4.69) is 9.97 Å². The van der Waals surface area contributed by atoms with Gasteiger partial charge in [-0.1, -0.05) is 6.07 Å². The lowest BCUT2D eigenvalue weighted by Crippen LogP contribution is -2.29. The van der Waals surface area contributed by atoms with E-state index < -0.39 is 0 Å². The molecule has 4 heteroatoms. The van der Waals surface area contributed by atoms with E-state index in [9.17, 15) is 4.79 Å². The van der Waals surface area contributed by atoms with Crippen molar-refractivity contribution in [3.05, 3.63) is 59.2 Å². The molecule has 0 bridgehead atoms. The summed E-state index contributed by atoms with van der Waals surface area (Å²) in [7, 11) is 1.84. The first kappa shape index (κ1) is 14.7. The van der Waals surface area contributed by atoms with Crippen LogP contribution in [0.3, 0.4) is 0 Å². The summed E-state index contributed by atoms with van der Waals surface area (Å²) in [6.45, 7) is 0.660. The van der Waals surface area contributed by atoms with Crippen molar-refractivity contribution in [2.24, 2.45) is 0 Å². The van der Waals surface area contributed by atoms with Gasteiger partial charge in [0.2, 0.25) is 0 Å². The smallest absolute Gasteiger partial charge is 0.255 e. The first-order valence-electron chi connectivity index (χ1n) is 7.87. The van der Waals surface area contributed by atoms with Crippen LogP contribution < -0.4 is 0 Å². The number of aryl methyl sites for hydroxylation is 2. The van der Waals surface area contributed by atoms with Crippen molar-refractivity contribution in [3.8, 4) is 0 Å². The van der Waals surface area contributed by atoms with Crippen LogP contribution in [0, 0.1) is 0 Å². The summed E-state index contributed by atoms with van der Waals surface area (Å²) in [5, 5.41) is 0. The minimum absolute atomic E-state index is 0.0387. The minimum Gasteiger partial charge on any atom is -0.341 e. The lowest BCUT2D eigenvalue weighted by molar-refractivity contribution is 0.0795. The van der Waals surface area contributed by atoms with Crippen LogP contribution in [-0.4, -0.2) is 34.4 Å². The van der Waals surface area contributed by atoms with Gasteiger partial charge < -0.3 is 4.90 Å². The number of amides is 1. The van der Waals surface area contributed by atoms with Crippen molar-refractivity contribution in [1.29, 1.82) is 0 Å². The summed E-state index contributed by atoms with van der Waals surface area (Å²) in [5.74, 6) is 0.0387. The fraction of sp³-hybridized carbons (Fsp3) is 0.389. The van der Waals surface area contributed by atoms with Gasteiger partial charge in [0.05, 0.1) is 5.56 Å². The fourth-order valence-electron chi connectivity index (χ4n) is 2.86. The molecule has 0 N–H and O–H groups in total. The third kappa shape index (κ3) is 3.32. The van der Waals surface area contributed by atoms with Gasteiger partial charge in [0, 0.05) is 43.8 Å². The van der Waals surface area contributed by atoms with Crippen molar-refractivity contribution in [1.82, 2.24) is 14.9 Å². The van der Waals surface area contributed by atoms with Crippen LogP contribution in [0.4, 0.5) is 0 Å². The number of hydrogen-bond donors (Lipinski definition) is 0. The van der Waals surface area contributed by atoms with E-state index in [0.29, 0.717) is 12.1 Å². The van der Waals surface area contributed by atoms with Crippen LogP contribution in [0.2, 0.25) is 0 Å². The molecule has 1 aliphatic rings. The van der Waals surface area contributed by atoms with Crippen LogP contribution in [-0.2, 0) is 19.3 Å². The molecule has 2 aromatic rings. The van der Waals surface area contributed by atoms with E-state index >= 15 is 0 Å². The molecular weight excluding hydrogens is 274 g/mol. The van der Waals surface area contributed by atoms with E-state index in [1.165, 1.54) is 24.1 Å². The summed E-state index contributed by atoms with van der Waals surface area (Å²) >= 11 is 0. The Hall–Kier alpha value is -2.23. The molecule has 0 saturated heterocycles. The molecule has 1 aliphatic carbocycles. The molecule has 1 amide bonds. The highest BCUT2D eigenvalue weighted by atomic mass is 16.2. The Morgan fingerprint density at radius 1 is 1.23 bits per heavy atom.